The molecule has 156 valence electrons. The Morgan fingerprint density at radius 3 is 2.46 bits per heavy atom. The van der Waals surface area contributed by atoms with Gasteiger partial charge in [-0.1, -0.05) is 0 Å². The van der Waals surface area contributed by atoms with Gasteiger partial charge in [0, 0.05) is 15.4 Å². The topological polar surface area (TPSA) is 170 Å². The average Bonchev–Trinajstić information content (AvgIpc) is 2.87. The van der Waals surface area contributed by atoms with E-state index in [2.05, 4.69) is 15.9 Å². The highest BCUT2D eigenvalue weighted by molar-refractivity contribution is 9.10. The van der Waals surface area contributed by atoms with Crippen molar-refractivity contribution in [2.75, 3.05) is 12.4 Å². The molecule has 0 radical (unpaired) electrons. The van der Waals surface area contributed by atoms with Gasteiger partial charge in [0.1, 0.15) is 10.6 Å². The molecule has 0 aliphatic carbocycles. The van der Waals surface area contributed by atoms with E-state index in [0.717, 1.165) is 0 Å². The van der Waals surface area contributed by atoms with Crippen LogP contribution in [0.2, 0.25) is 0 Å². The van der Waals surface area contributed by atoms with Crippen LogP contribution in [0.5, 0.6) is 5.75 Å². The van der Waals surface area contributed by atoms with Gasteiger partial charge in [-0.3, -0.25) is 9.36 Å². The van der Waals surface area contributed by atoms with Gasteiger partial charge in [0.15, 0.2) is 0 Å². The highest BCUT2D eigenvalue weighted by Gasteiger charge is 2.53. The number of carbonyl (C=O) groups excluding carboxylic acids is 1. The Kier molecular flexibility index (Phi) is 6.56. The Balaban J connectivity index is 2.55. The first-order valence-electron chi connectivity index (χ1n) is 7.28. The number of nitrogens with two attached hydrogens (primary N) is 2. The number of hydrogen-bond donors (Lipinski definition) is 4. The Labute approximate surface area is 170 Å². The fourth-order valence-electron chi connectivity index (χ4n) is 2.16. The van der Waals surface area contributed by atoms with Crippen molar-refractivity contribution in [3.8, 4) is 5.75 Å². The zero-order chi connectivity index (χ0) is 21.5. The van der Waals surface area contributed by atoms with Gasteiger partial charge in [-0.2, -0.15) is 8.78 Å². The van der Waals surface area contributed by atoms with Crippen LogP contribution in [0.3, 0.4) is 0 Å². The number of ether oxygens (including phenoxy) is 1. The van der Waals surface area contributed by atoms with E-state index in [0.29, 0.717) is 11.3 Å². The van der Waals surface area contributed by atoms with E-state index in [4.69, 9.17) is 25.4 Å². The molecule has 0 spiro atoms. The molecule has 15 heteroatoms. The molecule has 2 aromatic rings. The van der Waals surface area contributed by atoms with E-state index in [-0.39, 0.29) is 44.7 Å². The number of carbonyl (C=O) groups is 1. The fraction of sp³-hybridized carbons (Fsp3) is 0.308. The zero-order valence-electron chi connectivity index (χ0n) is 13.8. The molecule has 0 saturated carbocycles. The van der Waals surface area contributed by atoms with E-state index < -0.39 is 34.1 Å². The maximum Gasteiger partial charge on any atom is 0.400 e. The van der Waals surface area contributed by atoms with Crippen molar-refractivity contribution in [3.63, 3.8) is 0 Å². The van der Waals surface area contributed by atoms with Gasteiger partial charge in [0.25, 0.3) is 0 Å². The largest absolute Gasteiger partial charge is 0.492 e. The van der Waals surface area contributed by atoms with Crippen LogP contribution in [0.15, 0.2) is 16.6 Å². The van der Waals surface area contributed by atoms with E-state index in [1.807, 2.05) is 0 Å². The number of halogens is 3. The molecule has 2 rings (SSSR count). The second-order valence-electron chi connectivity index (χ2n) is 5.61. The number of thiophene rings is 1. The summed E-state index contributed by atoms with van der Waals surface area (Å²) in [7, 11) is -9.56. The minimum Gasteiger partial charge on any atom is -0.492 e. The second kappa shape index (κ2) is 7.94. The third kappa shape index (κ3) is 4.87. The molecule has 28 heavy (non-hydrogen) atoms. The third-order valence-corrected chi connectivity index (χ3v) is 7.79. The fourth-order valence-corrected chi connectivity index (χ4v) is 5.65. The molecule has 0 unspecified atom stereocenters. The molecule has 9 nitrogen and oxygen atoms in total. The average molecular weight is 523 g/mol. The van der Waals surface area contributed by atoms with Crippen molar-refractivity contribution < 1.29 is 41.1 Å². The molecule has 1 aromatic carbocycles. The van der Waals surface area contributed by atoms with Gasteiger partial charge >= 0.3 is 13.3 Å². The van der Waals surface area contributed by atoms with Crippen molar-refractivity contribution in [3.05, 3.63) is 27.0 Å². The first kappa shape index (κ1) is 23.1. The number of amides is 1. The predicted octanol–water partition coefficient (Wildman–Crippen LogP) is 2.05. The lowest BCUT2D eigenvalue weighted by Gasteiger charge is -2.16. The van der Waals surface area contributed by atoms with Gasteiger partial charge in [-0.25, -0.2) is 13.6 Å². The summed E-state index contributed by atoms with van der Waals surface area (Å²) in [5.41, 5.74) is 0.645. The SMILES string of the molecule is NC(=O)c1cc(OCCCS(N)(=O)=O)c2sc(C(F)(F)P(=O)(O)O)c(Br)c2c1. The van der Waals surface area contributed by atoms with E-state index in [9.17, 15) is 26.6 Å². The molecule has 0 aliphatic rings. The van der Waals surface area contributed by atoms with Crippen molar-refractivity contribution in [2.45, 2.75) is 12.1 Å². The molecule has 0 saturated heterocycles. The van der Waals surface area contributed by atoms with Gasteiger partial charge in [0.05, 0.1) is 17.1 Å². The Hall–Kier alpha value is -1.15. The Morgan fingerprint density at radius 1 is 1.36 bits per heavy atom. The summed E-state index contributed by atoms with van der Waals surface area (Å²) in [6.45, 7) is -0.173. The maximum absolute atomic E-state index is 14.2. The van der Waals surface area contributed by atoms with Gasteiger partial charge in [-0.15, -0.1) is 11.3 Å². The smallest absolute Gasteiger partial charge is 0.400 e. The normalized spacial score (nSPS) is 13.1. The number of sulfonamides is 1. The molecule has 0 atom stereocenters. The summed E-state index contributed by atoms with van der Waals surface area (Å²) in [6, 6.07) is 2.35. The van der Waals surface area contributed by atoms with Crippen LogP contribution in [0.25, 0.3) is 10.1 Å². The molecule has 0 aliphatic heterocycles. The summed E-state index contributed by atoms with van der Waals surface area (Å²) in [5.74, 6) is -1.35. The van der Waals surface area contributed by atoms with Crippen LogP contribution in [0.1, 0.15) is 21.7 Å². The minimum atomic E-state index is -5.83. The monoisotopic (exact) mass is 522 g/mol. The number of rotatable bonds is 8. The lowest BCUT2D eigenvalue weighted by atomic mass is 10.1. The number of primary amides is 1. The quantitative estimate of drug-likeness (QED) is 0.303. The highest BCUT2D eigenvalue weighted by atomic mass is 79.9. The van der Waals surface area contributed by atoms with E-state index >= 15 is 0 Å². The van der Waals surface area contributed by atoms with Crippen LogP contribution in [-0.4, -0.2) is 36.5 Å². The summed E-state index contributed by atoms with van der Waals surface area (Å²) in [6.07, 6.45) is -0.0147. The molecular formula is C13H14BrF2N2O7PS2. The number of primary sulfonamides is 1. The third-order valence-electron chi connectivity index (χ3n) is 3.45. The van der Waals surface area contributed by atoms with Crippen LogP contribution in [0, 0.1) is 0 Å². The molecule has 0 fully saturated rings. The Bertz CT molecular complexity index is 1080. The van der Waals surface area contributed by atoms with Crippen molar-refractivity contribution in [1.29, 1.82) is 0 Å². The summed E-state index contributed by atoms with van der Waals surface area (Å²) >= 11 is 3.25. The molecule has 0 bridgehead atoms. The van der Waals surface area contributed by atoms with Crippen molar-refractivity contribution in [2.24, 2.45) is 10.9 Å². The maximum atomic E-state index is 14.2. The van der Waals surface area contributed by atoms with Crippen molar-refractivity contribution in [1.82, 2.24) is 0 Å². The Morgan fingerprint density at radius 2 is 1.96 bits per heavy atom. The van der Waals surface area contributed by atoms with Crippen molar-refractivity contribution >= 4 is 60.9 Å². The van der Waals surface area contributed by atoms with Crippen LogP contribution in [0.4, 0.5) is 8.78 Å². The zero-order valence-corrected chi connectivity index (χ0v) is 17.9. The molecular weight excluding hydrogens is 509 g/mol. The minimum absolute atomic E-state index is 0.0147. The number of alkyl halides is 2. The standard InChI is InChI=1S/C13H14BrF2N2O7PS2/c14-9-7-4-6(12(17)19)5-8(25-2-1-3-28(18,23)24)10(7)27-11(9)13(15,16)26(20,21)22/h4-5H,1-3H2,(H2,17,19)(H2,18,23,24)(H2,20,21,22). The summed E-state index contributed by atoms with van der Waals surface area (Å²) < 4.78 is 66.6. The van der Waals surface area contributed by atoms with Crippen LogP contribution >= 0.6 is 34.9 Å². The van der Waals surface area contributed by atoms with Gasteiger partial charge < -0.3 is 20.3 Å². The van der Waals surface area contributed by atoms with Crippen LogP contribution in [-0.2, 0) is 20.3 Å². The van der Waals surface area contributed by atoms with Gasteiger partial charge in [-0.05, 0) is 34.5 Å². The first-order valence-corrected chi connectivity index (χ1v) is 12.2. The number of fused-ring (bicyclic) bond motifs is 1. The first-order chi connectivity index (χ1) is 12.6. The molecule has 1 aromatic heterocycles. The summed E-state index contributed by atoms with van der Waals surface area (Å²) in [4.78, 5) is 28.5. The highest BCUT2D eigenvalue weighted by Crippen LogP contribution is 2.63. The summed E-state index contributed by atoms with van der Waals surface area (Å²) in [5, 5.41) is 4.91. The predicted molar refractivity (Wildman–Crippen MR) is 102 cm³/mol. The molecule has 1 amide bonds. The molecule has 1 heterocycles. The van der Waals surface area contributed by atoms with Gasteiger partial charge in [0.2, 0.25) is 15.9 Å². The number of benzene rings is 1. The van der Waals surface area contributed by atoms with Crippen LogP contribution < -0.4 is 15.6 Å². The molecule has 6 N–H and O–H groups in total. The lowest BCUT2D eigenvalue weighted by molar-refractivity contribution is 0.0595. The number of hydrogen-bond acceptors (Lipinski definition) is 6. The lowest BCUT2D eigenvalue weighted by Crippen LogP contribution is -2.18. The van der Waals surface area contributed by atoms with E-state index in [1.54, 1.807) is 0 Å². The second-order valence-corrected chi connectivity index (χ2v) is 10.8. The van der Waals surface area contributed by atoms with E-state index in [1.165, 1.54) is 12.1 Å².